The lowest BCUT2D eigenvalue weighted by molar-refractivity contribution is -0.0866. The molecule has 1 saturated heterocycles. The van der Waals surface area contributed by atoms with Crippen molar-refractivity contribution in [2.45, 2.75) is 18.7 Å². The number of aliphatic hydroxyl groups is 2. The van der Waals surface area contributed by atoms with Gasteiger partial charge in [-0.15, -0.1) is 0 Å². The van der Waals surface area contributed by atoms with Crippen LogP contribution in [0.2, 0.25) is 0 Å². The van der Waals surface area contributed by atoms with Crippen LogP contribution in [0.15, 0.2) is 30.3 Å². The van der Waals surface area contributed by atoms with Gasteiger partial charge in [0, 0.05) is 13.1 Å². The minimum atomic E-state index is -0.358. The van der Waals surface area contributed by atoms with E-state index in [4.69, 9.17) is 5.11 Å². The molecule has 2 N–H and O–H groups in total. The van der Waals surface area contributed by atoms with E-state index in [1.165, 1.54) is 5.56 Å². The monoisotopic (exact) mass is 193 g/mol. The number of hydrogen-bond donors (Lipinski definition) is 2. The van der Waals surface area contributed by atoms with Crippen molar-refractivity contribution < 1.29 is 10.2 Å². The molecule has 0 bridgehead atoms. The molecule has 14 heavy (non-hydrogen) atoms. The largest absolute Gasteiger partial charge is 0.395 e. The molecule has 2 atom stereocenters. The van der Waals surface area contributed by atoms with E-state index in [1.807, 2.05) is 18.2 Å². The molecule has 3 nitrogen and oxygen atoms in total. The number of β-amino-alcohol motifs (C(OH)–C–C–N with tert-alkyl or cyclic N) is 1. The van der Waals surface area contributed by atoms with Gasteiger partial charge in [0.2, 0.25) is 0 Å². The predicted octanol–water partition coefficient (Wildman–Crippen LogP) is 0.224. The molecule has 2 rings (SSSR count). The number of rotatable bonds is 3. The van der Waals surface area contributed by atoms with Gasteiger partial charge >= 0.3 is 0 Å². The van der Waals surface area contributed by atoms with E-state index in [0.29, 0.717) is 6.54 Å². The molecule has 1 aliphatic rings. The Hall–Kier alpha value is -0.900. The maximum Gasteiger partial charge on any atom is 0.0844 e. The zero-order valence-electron chi connectivity index (χ0n) is 8.00. The third kappa shape index (κ3) is 1.80. The molecule has 0 aromatic heterocycles. The Morgan fingerprint density at radius 1 is 1.29 bits per heavy atom. The predicted molar refractivity (Wildman–Crippen MR) is 53.7 cm³/mol. The standard InChI is InChI=1S/C11H15NO2/c13-8-10-11(14)7-12(10)6-9-4-2-1-3-5-9/h1-5,10-11,13-14H,6-8H2/t10?,11-/m0/s1. The summed E-state index contributed by atoms with van der Waals surface area (Å²) in [5, 5.41) is 18.4. The summed E-state index contributed by atoms with van der Waals surface area (Å²) in [5.74, 6) is 0. The van der Waals surface area contributed by atoms with Crippen molar-refractivity contribution in [3.8, 4) is 0 Å². The summed E-state index contributed by atoms with van der Waals surface area (Å²) < 4.78 is 0. The molecule has 1 aromatic carbocycles. The second-order valence-electron chi connectivity index (χ2n) is 3.73. The highest BCUT2D eigenvalue weighted by Gasteiger charge is 2.36. The van der Waals surface area contributed by atoms with Crippen molar-refractivity contribution in [2.24, 2.45) is 0 Å². The second kappa shape index (κ2) is 4.09. The molecular formula is C11H15NO2. The summed E-state index contributed by atoms with van der Waals surface area (Å²) in [7, 11) is 0. The first-order valence-corrected chi connectivity index (χ1v) is 4.88. The summed E-state index contributed by atoms with van der Waals surface area (Å²) in [6.07, 6.45) is -0.358. The number of aliphatic hydroxyl groups excluding tert-OH is 2. The topological polar surface area (TPSA) is 43.7 Å². The highest BCUT2D eigenvalue weighted by Crippen LogP contribution is 2.20. The van der Waals surface area contributed by atoms with E-state index in [1.54, 1.807) is 0 Å². The second-order valence-corrected chi connectivity index (χ2v) is 3.73. The van der Waals surface area contributed by atoms with Gasteiger partial charge in [-0.25, -0.2) is 0 Å². The van der Waals surface area contributed by atoms with Crippen LogP contribution < -0.4 is 0 Å². The Morgan fingerprint density at radius 3 is 2.57 bits per heavy atom. The first-order valence-electron chi connectivity index (χ1n) is 4.88. The van der Waals surface area contributed by atoms with Crippen LogP contribution in [-0.2, 0) is 6.54 Å². The number of benzene rings is 1. The van der Waals surface area contributed by atoms with Crippen molar-refractivity contribution in [3.63, 3.8) is 0 Å². The first kappa shape index (κ1) is 9.65. The summed E-state index contributed by atoms with van der Waals surface area (Å²) in [5.41, 5.74) is 1.22. The third-order valence-corrected chi connectivity index (χ3v) is 2.75. The summed E-state index contributed by atoms with van der Waals surface area (Å²) in [4.78, 5) is 2.08. The Balaban J connectivity index is 1.93. The lowest BCUT2D eigenvalue weighted by Crippen LogP contribution is -2.61. The minimum absolute atomic E-state index is 0.0357. The summed E-state index contributed by atoms with van der Waals surface area (Å²) in [6.45, 7) is 1.51. The molecule has 0 radical (unpaired) electrons. The zero-order chi connectivity index (χ0) is 9.97. The Labute approximate surface area is 83.6 Å². The molecule has 0 spiro atoms. The third-order valence-electron chi connectivity index (χ3n) is 2.75. The van der Waals surface area contributed by atoms with Crippen molar-refractivity contribution in [2.75, 3.05) is 13.2 Å². The van der Waals surface area contributed by atoms with E-state index in [2.05, 4.69) is 17.0 Å². The van der Waals surface area contributed by atoms with Gasteiger partial charge in [-0.2, -0.15) is 0 Å². The molecule has 1 unspecified atom stereocenters. The van der Waals surface area contributed by atoms with Crippen molar-refractivity contribution in [3.05, 3.63) is 35.9 Å². The van der Waals surface area contributed by atoms with Gasteiger partial charge in [0.1, 0.15) is 0 Å². The Kier molecular flexibility index (Phi) is 2.82. The molecule has 0 amide bonds. The lowest BCUT2D eigenvalue weighted by Gasteiger charge is -2.44. The summed E-state index contributed by atoms with van der Waals surface area (Å²) >= 11 is 0. The molecule has 1 aromatic rings. The average Bonchev–Trinajstić information content (AvgIpc) is 2.19. The van der Waals surface area contributed by atoms with Crippen LogP contribution in [-0.4, -0.2) is 40.4 Å². The van der Waals surface area contributed by atoms with Gasteiger partial charge in [-0.05, 0) is 5.56 Å². The Bertz CT molecular complexity index is 289. The SMILES string of the molecule is OCC1[C@@H](O)CN1Cc1ccccc1. The van der Waals surface area contributed by atoms with Crippen molar-refractivity contribution in [1.29, 1.82) is 0 Å². The number of likely N-dealkylation sites (tertiary alicyclic amines) is 1. The molecule has 1 fully saturated rings. The van der Waals surface area contributed by atoms with Crippen LogP contribution >= 0.6 is 0 Å². The smallest absolute Gasteiger partial charge is 0.0844 e. The Morgan fingerprint density at radius 2 is 2.00 bits per heavy atom. The molecular weight excluding hydrogens is 178 g/mol. The highest BCUT2D eigenvalue weighted by molar-refractivity contribution is 5.15. The lowest BCUT2D eigenvalue weighted by atomic mass is 9.99. The van der Waals surface area contributed by atoms with Gasteiger partial charge in [0.15, 0.2) is 0 Å². The maximum atomic E-state index is 9.35. The quantitative estimate of drug-likeness (QED) is 0.722. The fourth-order valence-electron chi connectivity index (χ4n) is 1.84. The highest BCUT2D eigenvalue weighted by atomic mass is 16.3. The van der Waals surface area contributed by atoms with Crippen LogP contribution in [0, 0.1) is 0 Å². The first-order chi connectivity index (χ1) is 6.81. The molecule has 0 aliphatic carbocycles. The maximum absolute atomic E-state index is 9.35. The van der Waals surface area contributed by atoms with E-state index in [0.717, 1.165) is 6.54 Å². The van der Waals surface area contributed by atoms with Gasteiger partial charge in [-0.3, -0.25) is 4.90 Å². The van der Waals surface area contributed by atoms with E-state index in [9.17, 15) is 5.11 Å². The minimum Gasteiger partial charge on any atom is -0.395 e. The van der Waals surface area contributed by atoms with Crippen LogP contribution in [0.1, 0.15) is 5.56 Å². The van der Waals surface area contributed by atoms with E-state index < -0.39 is 0 Å². The molecule has 1 aliphatic heterocycles. The molecule has 76 valence electrons. The number of nitrogens with zero attached hydrogens (tertiary/aromatic N) is 1. The van der Waals surface area contributed by atoms with Crippen LogP contribution in [0.3, 0.4) is 0 Å². The van der Waals surface area contributed by atoms with Crippen LogP contribution in [0.4, 0.5) is 0 Å². The molecule has 0 saturated carbocycles. The number of hydrogen-bond acceptors (Lipinski definition) is 3. The van der Waals surface area contributed by atoms with Gasteiger partial charge in [0.25, 0.3) is 0 Å². The van der Waals surface area contributed by atoms with Crippen molar-refractivity contribution in [1.82, 2.24) is 4.90 Å². The fraction of sp³-hybridized carbons (Fsp3) is 0.455. The normalized spacial score (nSPS) is 27.3. The average molecular weight is 193 g/mol. The van der Waals surface area contributed by atoms with E-state index >= 15 is 0 Å². The van der Waals surface area contributed by atoms with Crippen molar-refractivity contribution >= 4 is 0 Å². The van der Waals surface area contributed by atoms with E-state index in [-0.39, 0.29) is 18.8 Å². The van der Waals surface area contributed by atoms with Gasteiger partial charge in [-0.1, -0.05) is 30.3 Å². The van der Waals surface area contributed by atoms with Crippen LogP contribution in [0.25, 0.3) is 0 Å². The van der Waals surface area contributed by atoms with Gasteiger partial charge < -0.3 is 10.2 Å². The summed E-state index contributed by atoms with van der Waals surface area (Å²) in [6, 6.07) is 10.0. The fourth-order valence-corrected chi connectivity index (χ4v) is 1.84. The molecule has 1 heterocycles. The van der Waals surface area contributed by atoms with Gasteiger partial charge in [0.05, 0.1) is 18.8 Å². The molecule has 3 heteroatoms. The van der Waals surface area contributed by atoms with Crippen LogP contribution in [0.5, 0.6) is 0 Å². The zero-order valence-corrected chi connectivity index (χ0v) is 8.00.